The van der Waals surface area contributed by atoms with E-state index in [1.54, 1.807) is 12.1 Å². The van der Waals surface area contributed by atoms with Crippen LogP contribution in [0.25, 0.3) is 0 Å². The number of ether oxygens (including phenoxy) is 1. The van der Waals surface area contributed by atoms with E-state index in [1.807, 2.05) is 49.4 Å². The standard InChI is InChI=1S/C40H53N3O6S/c1-6-38(4)23-33(39(5)26(2)15-17-40(27(3)37(38)48)18-16-31(45)36(39)40)49-35(47)25-50-32-10-8-7-9-30(32)41-34(46)24-42-19-21-43(22-20-42)28-11-13-29(44)14-12-28/h6-14,26-27,33,36-37,44,48H,1,15-25H2,2-5H3,(H,41,46)/t26-,27+,33-,36+,37+,38-,39+,40+/m1/s1. The van der Waals surface area contributed by atoms with Gasteiger partial charge in [0, 0.05) is 59.9 Å². The molecule has 9 nitrogen and oxygen atoms in total. The first-order valence-electron chi connectivity index (χ1n) is 18.1. The Morgan fingerprint density at radius 3 is 2.46 bits per heavy atom. The lowest BCUT2D eigenvalue weighted by atomic mass is 9.44. The Morgan fingerprint density at radius 1 is 1.06 bits per heavy atom. The molecule has 1 heterocycles. The third-order valence-electron chi connectivity index (χ3n) is 13.0. The van der Waals surface area contributed by atoms with Crippen LogP contribution in [0.4, 0.5) is 11.4 Å². The van der Waals surface area contributed by atoms with Gasteiger partial charge in [0.1, 0.15) is 17.6 Å². The van der Waals surface area contributed by atoms with Crippen molar-refractivity contribution in [2.24, 2.45) is 34.0 Å². The van der Waals surface area contributed by atoms with Crippen molar-refractivity contribution in [1.82, 2.24) is 4.90 Å². The summed E-state index contributed by atoms with van der Waals surface area (Å²) in [6.07, 6.45) is 4.02. The first kappa shape index (κ1) is 36.5. The number of hydrogen-bond donors (Lipinski definition) is 3. The molecule has 1 amide bonds. The largest absolute Gasteiger partial charge is 0.508 e. The average Bonchev–Trinajstić information content (AvgIpc) is 3.46. The normalized spacial score (nSPS) is 34.3. The highest BCUT2D eigenvalue weighted by Gasteiger charge is 2.68. The van der Waals surface area contributed by atoms with E-state index < -0.39 is 23.0 Å². The van der Waals surface area contributed by atoms with E-state index in [2.05, 4.69) is 42.5 Å². The average molecular weight is 704 g/mol. The number of esters is 1. The van der Waals surface area contributed by atoms with E-state index >= 15 is 0 Å². The van der Waals surface area contributed by atoms with Crippen molar-refractivity contribution < 1.29 is 29.3 Å². The van der Waals surface area contributed by atoms with Crippen LogP contribution < -0.4 is 10.2 Å². The molecule has 270 valence electrons. The van der Waals surface area contributed by atoms with Gasteiger partial charge in [-0.2, -0.15) is 0 Å². The second-order valence-electron chi connectivity index (χ2n) is 15.7. The molecule has 50 heavy (non-hydrogen) atoms. The van der Waals surface area contributed by atoms with E-state index in [0.29, 0.717) is 18.5 Å². The SMILES string of the molecule is C=C[C@]1(C)C[C@@H](OC(=O)CSc2ccccc2NC(=O)CN2CCN(c3ccc(O)cc3)CC2)[C@]2(C)[C@H](C)CC[C@]3(CCC(=O)[C@H]32)[C@@H](C)[C@@H]1O. The maximum atomic E-state index is 13.7. The summed E-state index contributed by atoms with van der Waals surface area (Å²) < 4.78 is 6.43. The van der Waals surface area contributed by atoms with Crippen molar-refractivity contribution in [3.63, 3.8) is 0 Å². The minimum Gasteiger partial charge on any atom is -0.508 e. The highest BCUT2D eigenvalue weighted by molar-refractivity contribution is 8.00. The second-order valence-corrected chi connectivity index (χ2v) is 16.7. The molecule has 0 unspecified atom stereocenters. The van der Waals surface area contributed by atoms with Crippen LogP contribution in [0, 0.1) is 34.0 Å². The topological polar surface area (TPSA) is 119 Å². The highest BCUT2D eigenvalue weighted by atomic mass is 32.2. The number of phenols is 1. The number of rotatable bonds is 9. The molecular formula is C40H53N3O6S. The number of Topliss-reactive ketones (excluding diaryl/α,β-unsaturated/α-hetero) is 1. The number of nitrogens with zero attached hydrogens (tertiary/aromatic N) is 2. The fraction of sp³-hybridized carbons (Fsp3) is 0.575. The molecule has 3 N–H and O–H groups in total. The maximum Gasteiger partial charge on any atom is 0.316 e. The smallest absolute Gasteiger partial charge is 0.316 e. The number of amides is 1. The first-order chi connectivity index (χ1) is 23.8. The quantitative estimate of drug-likeness (QED) is 0.161. The number of phenolic OH excluding ortho intramolecular Hbond substituents is 1. The lowest BCUT2D eigenvalue weighted by Gasteiger charge is -2.61. The van der Waals surface area contributed by atoms with Crippen LogP contribution >= 0.6 is 11.8 Å². The Hall–Kier alpha value is -3.34. The van der Waals surface area contributed by atoms with Gasteiger partial charge < -0.3 is 25.2 Å². The van der Waals surface area contributed by atoms with E-state index in [-0.39, 0.29) is 58.9 Å². The molecule has 3 aliphatic carbocycles. The van der Waals surface area contributed by atoms with Gasteiger partial charge in [-0.05, 0) is 79.3 Å². The molecular weight excluding hydrogens is 651 g/mol. The molecule has 2 bridgehead atoms. The number of anilines is 2. The molecule has 2 aromatic rings. The van der Waals surface area contributed by atoms with Crippen molar-refractivity contribution in [1.29, 1.82) is 0 Å². The Morgan fingerprint density at radius 2 is 1.76 bits per heavy atom. The number of piperazine rings is 1. The van der Waals surface area contributed by atoms with E-state index in [9.17, 15) is 24.6 Å². The van der Waals surface area contributed by atoms with Crippen molar-refractivity contribution in [2.45, 2.75) is 76.9 Å². The predicted molar refractivity (Wildman–Crippen MR) is 197 cm³/mol. The molecule has 0 spiro atoms. The number of carbonyl (C=O) groups excluding carboxylic acids is 3. The number of para-hydroxylation sites is 1. The fourth-order valence-electron chi connectivity index (χ4n) is 9.75. The van der Waals surface area contributed by atoms with Gasteiger partial charge in [0.05, 0.1) is 24.1 Å². The summed E-state index contributed by atoms with van der Waals surface area (Å²) in [6, 6.07) is 14.7. The summed E-state index contributed by atoms with van der Waals surface area (Å²) in [7, 11) is 0. The number of aliphatic hydroxyl groups is 1. The maximum absolute atomic E-state index is 13.7. The minimum absolute atomic E-state index is 0.0422. The van der Waals surface area contributed by atoms with Crippen LogP contribution in [-0.4, -0.2) is 83.5 Å². The monoisotopic (exact) mass is 703 g/mol. The van der Waals surface area contributed by atoms with Gasteiger partial charge >= 0.3 is 5.97 Å². The molecule has 8 atom stereocenters. The summed E-state index contributed by atoms with van der Waals surface area (Å²) in [4.78, 5) is 45.7. The van der Waals surface area contributed by atoms with Crippen LogP contribution in [0.3, 0.4) is 0 Å². The number of nitrogens with one attached hydrogen (secondary N) is 1. The minimum atomic E-state index is -0.708. The summed E-state index contributed by atoms with van der Waals surface area (Å²) in [5.41, 5.74) is 0.130. The highest BCUT2D eigenvalue weighted by Crippen LogP contribution is 2.68. The number of aromatic hydroxyl groups is 1. The van der Waals surface area contributed by atoms with Crippen LogP contribution in [0.1, 0.15) is 59.8 Å². The van der Waals surface area contributed by atoms with Gasteiger partial charge in [-0.15, -0.1) is 18.3 Å². The van der Waals surface area contributed by atoms with E-state index in [1.165, 1.54) is 11.8 Å². The Bertz CT molecular complexity index is 1590. The molecule has 1 saturated heterocycles. The zero-order valence-electron chi connectivity index (χ0n) is 29.9. The molecule has 4 aliphatic rings. The van der Waals surface area contributed by atoms with Crippen LogP contribution in [0.5, 0.6) is 5.75 Å². The molecule has 6 rings (SSSR count). The summed E-state index contributed by atoms with van der Waals surface area (Å²) in [5.74, 6) is -0.160. The first-order valence-corrected chi connectivity index (χ1v) is 19.1. The fourth-order valence-corrected chi connectivity index (χ4v) is 10.5. The Kier molecular flexibility index (Phi) is 10.5. The van der Waals surface area contributed by atoms with E-state index in [0.717, 1.165) is 56.0 Å². The van der Waals surface area contributed by atoms with Crippen molar-refractivity contribution >= 4 is 40.8 Å². The second kappa shape index (κ2) is 14.4. The predicted octanol–water partition coefficient (Wildman–Crippen LogP) is 6.15. The number of carbonyl (C=O) groups is 3. The van der Waals surface area contributed by atoms with Gasteiger partial charge in [0.15, 0.2) is 0 Å². The van der Waals surface area contributed by atoms with Crippen LogP contribution in [0.15, 0.2) is 66.1 Å². The number of thioether (sulfide) groups is 1. The zero-order chi connectivity index (χ0) is 35.8. The van der Waals surface area contributed by atoms with Gasteiger partial charge in [0.25, 0.3) is 0 Å². The van der Waals surface area contributed by atoms with Crippen molar-refractivity contribution in [3.8, 4) is 5.75 Å². The molecule has 3 saturated carbocycles. The summed E-state index contributed by atoms with van der Waals surface area (Å²) >= 11 is 1.32. The molecule has 0 aromatic heterocycles. The third kappa shape index (κ3) is 6.71. The number of aliphatic hydroxyl groups excluding tert-OH is 1. The summed E-state index contributed by atoms with van der Waals surface area (Å²) in [5, 5.41) is 24.4. The number of benzene rings is 2. The number of hydrogen-bond acceptors (Lipinski definition) is 9. The van der Waals surface area contributed by atoms with Gasteiger partial charge in [-0.25, -0.2) is 0 Å². The molecule has 10 heteroatoms. The third-order valence-corrected chi connectivity index (χ3v) is 14.1. The van der Waals surface area contributed by atoms with Crippen LogP contribution in [-0.2, 0) is 19.1 Å². The lowest BCUT2D eigenvalue weighted by molar-refractivity contribution is -0.205. The lowest BCUT2D eigenvalue weighted by Crippen LogP contribution is -2.63. The van der Waals surface area contributed by atoms with Crippen molar-refractivity contribution in [2.75, 3.05) is 48.7 Å². The van der Waals surface area contributed by atoms with Gasteiger partial charge in [0.2, 0.25) is 5.91 Å². The summed E-state index contributed by atoms with van der Waals surface area (Å²) in [6.45, 7) is 15.9. The molecule has 0 radical (unpaired) electrons. The number of ketones is 1. The van der Waals surface area contributed by atoms with Gasteiger partial charge in [-0.1, -0.05) is 45.9 Å². The Labute approximate surface area is 300 Å². The molecule has 1 aliphatic heterocycles. The van der Waals surface area contributed by atoms with Gasteiger partial charge in [-0.3, -0.25) is 19.3 Å². The van der Waals surface area contributed by atoms with Crippen molar-refractivity contribution in [3.05, 3.63) is 61.2 Å². The Balaban J connectivity index is 1.10. The zero-order valence-corrected chi connectivity index (χ0v) is 30.7. The van der Waals surface area contributed by atoms with Crippen LogP contribution in [0.2, 0.25) is 0 Å². The van der Waals surface area contributed by atoms with E-state index in [4.69, 9.17) is 4.74 Å². The molecule has 2 aromatic carbocycles. The molecule has 4 fully saturated rings.